The van der Waals surface area contributed by atoms with E-state index in [1.165, 1.54) is 0 Å². The second kappa shape index (κ2) is 4.36. The van der Waals surface area contributed by atoms with Crippen LogP contribution in [0.4, 0.5) is 0 Å². The molecule has 0 radical (unpaired) electrons. The van der Waals surface area contributed by atoms with E-state index in [4.69, 9.17) is 0 Å². The van der Waals surface area contributed by atoms with Gasteiger partial charge in [-0.2, -0.15) is 0 Å². The van der Waals surface area contributed by atoms with E-state index < -0.39 is 0 Å². The molecular formula is C15H25NO2. The largest absolute Gasteiger partial charge is 0.296 e. The lowest BCUT2D eigenvalue weighted by atomic mass is 9.52. The highest BCUT2D eigenvalue weighted by molar-refractivity contribution is 5.99. The summed E-state index contributed by atoms with van der Waals surface area (Å²) >= 11 is 0. The van der Waals surface area contributed by atoms with Crippen LogP contribution in [0.2, 0.25) is 0 Å². The summed E-state index contributed by atoms with van der Waals surface area (Å²) in [5.41, 5.74) is 0.267. The molecule has 3 heteroatoms. The molecule has 2 aliphatic rings. The van der Waals surface area contributed by atoms with Crippen molar-refractivity contribution in [2.24, 2.45) is 22.7 Å². The summed E-state index contributed by atoms with van der Waals surface area (Å²) < 4.78 is 0. The molecule has 1 saturated heterocycles. The summed E-state index contributed by atoms with van der Waals surface area (Å²) in [5.74, 6) is 0.346. The molecular weight excluding hydrogens is 226 g/mol. The second-order valence-corrected chi connectivity index (χ2v) is 7.05. The quantitative estimate of drug-likeness (QED) is 0.728. The molecule has 3 nitrogen and oxygen atoms in total. The highest BCUT2D eigenvalue weighted by atomic mass is 16.2. The van der Waals surface area contributed by atoms with Crippen molar-refractivity contribution in [2.75, 3.05) is 0 Å². The first-order valence-corrected chi connectivity index (χ1v) is 7.14. The van der Waals surface area contributed by atoms with Gasteiger partial charge in [0, 0.05) is 12.3 Å². The van der Waals surface area contributed by atoms with Crippen LogP contribution in [0.3, 0.4) is 0 Å². The van der Waals surface area contributed by atoms with Gasteiger partial charge in [-0.25, -0.2) is 0 Å². The molecule has 0 bridgehead atoms. The van der Waals surface area contributed by atoms with E-state index >= 15 is 0 Å². The van der Waals surface area contributed by atoms with Crippen molar-refractivity contribution in [3.63, 3.8) is 0 Å². The van der Waals surface area contributed by atoms with Gasteiger partial charge in [0.15, 0.2) is 0 Å². The molecule has 2 rings (SSSR count). The van der Waals surface area contributed by atoms with Crippen molar-refractivity contribution in [1.29, 1.82) is 0 Å². The fraction of sp³-hybridized carbons (Fsp3) is 0.867. The molecule has 1 aliphatic heterocycles. The zero-order valence-electron chi connectivity index (χ0n) is 12.0. The maximum atomic E-state index is 12.1. The zero-order valence-corrected chi connectivity index (χ0v) is 12.0. The summed E-state index contributed by atoms with van der Waals surface area (Å²) in [4.78, 5) is 23.9. The maximum absolute atomic E-state index is 12.1. The number of rotatable bonds is 1. The maximum Gasteiger partial charge on any atom is 0.230 e. The Labute approximate surface area is 110 Å². The molecule has 2 amide bonds. The van der Waals surface area contributed by atoms with E-state index in [2.05, 4.69) is 33.0 Å². The van der Waals surface area contributed by atoms with Gasteiger partial charge in [0.1, 0.15) is 0 Å². The normalized spacial score (nSPS) is 39.8. The van der Waals surface area contributed by atoms with E-state index in [1.807, 2.05) is 0 Å². The third kappa shape index (κ3) is 2.08. The molecule has 18 heavy (non-hydrogen) atoms. The number of imide groups is 1. The fourth-order valence-electron chi connectivity index (χ4n) is 4.28. The fourth-order valence-corrected chi connectivity index (χ4v) is 4.28. The van der Waals surface area contributed by atoms with Crippen LogP contribution in [0, 0.1) is 22.7 Å². The summed E-state index contributed by atoms with van der Waals surface area (Å²) in [6.45, 7) is 8.88. The van der Waals surface area contributed by atoms with Crippen molar-refractivity contribution in [3.05, 3.63) is 0 Å². The number of hydrogen-bond acceptors (Lipinski definition) is 2. The Morgan fingerprint density at radius 3 is 2.50 bits per heavy atom. The average molecular weight is 251 g/mol. The molecule has 3 unspecified atom stereocenters. The molecule has 1 heterocycles. The lowest BCUT2D eigenvalue weighted by molar-refractivity contribution is -0.151. The van der Waals surface area contributed by atoms with E-state index in [-0.39, 0.29) is 23.1 Å². The first kappa shape index (κ1) is 13.6. The van der Waals surface area contributed by atoms with Crippen LogP contribution in [0.25, 0.3) is 0 Å². The lowest BCUT2D eigenvalue weighted by Gasteiger charge is -2.53. The van der Waals surface area contributed by atoms with Crippen LogP contribution >= 0.6 is 0 Å². The number of nitrogens with one attached hydrogen (secondary N) is 1. The van der Waals surface area contributed by atoms with Crippen molar-refractivity contribution < 1.29 is 9.59 Å². The summed E-state index contributed by atoms with van der Waals surface area (Å²) in [7, 11) is 0. The summed E-state index contributed by atoms with van der Waals surface area (Å²) in [6, 6.07) is 0. The van der Waals surface area contributed by atoms with E-state index in [9.17, 15) is 9.59 Å². The van der Waals surface area contributed by atoms with Gasteiger partial charge < -0.3 is 0 Å². The topological polar surface area (TPSA) is 46.2 Å². The first-order valence-electron chi connectivity index (χ1n) is 7.14. The average Bonchev–Trinajstić information content (AvgIpc) is 2.23. The second-order valence-electron chi connectivity index (χ2n) is 7.05. The van der Waals surface area contributed by atoms with Gasteiger partial charge in [0.25, 0.3) is 0 Å². The number of amides is 2. The molecule has 0 aromatic rings. The Morgan fingerprint density at radius 2 is 1.94 bits per heavy atom. The van der Waals surface area contributed by atoms with Crippen LogP contribution in [0.5, 0.6) is 0 Å². The highest BCUT2D eigenvalue weighted by Crippen LogP contribution is 2.56. The van der Waals surface area contributed by atoms with Crippen molar-refractivity contribution in [3.8, 4) is 0 Å². The molecule has 102 valence electrons. The summed E-state index contributed by atoms with van der Waals surface area (Å²) in [6.07, 6.45) is 4.62. The Morgan fingerprint density at radius 1 is 1.28 bits per heavy atom. The molecule has 0 aromatic heterocycles. The molecule has 1 saturated carbocycles. The van der Waals surface area contributed by atoms with Gasteiger partial charge in [-0.3, -0.25) is 14.9 Å². The van der Waals surface area contributed by atoms with Crippen LogP contribution in [0.15, 0.2) is 0 Å². The smallest absolute Gasteiger partial charge is 0.230 e. The summed E-state index contributed by atoms with van der Waals surface area (Å²) in [5, 5.41) is 2.52. The first-order chi connectivity index (χ1) is 8.31. The van der Waals surface area contributed by atoms with Gasteiger partial charge in [0.05, 0.1) is 0 Å². The van der Waals surface area contributed by atoms with Gasteiger partial charge >= 0.3 is 0 Å². The minimum Gasteiger partial charge on any atom is -0.296 e. The van der Waals surface area contributed by atoms with Gasteiger partial charge in [-0.15, -0.1) is 0 Å². The lowest BCUT2D eigenvalue weighted by Crippen LogP contribution is -2.56. The molecule has 1 N–H and O–H groups in total. The molecule has 1 aliphatic carbocycles. The molecule has 3 atom stereocenters. The third-order valence-electron chi connectivity index (χ3n) is 5.28. The minimum absolute atomic E-state index is 0.0151. The van der Waals surface area contributed by atoms with Gasteiger partial charge in [-0.1, -0.05) is 27.7 Å². The Kier molecular flexibility index (Phi) is 3.28. The standard InChI is InChI=1S/C15H25NO2/c1-5-11-13(18)16-12(17)9-15(11)7-6-14(3,4)8-10(15)2/h10-11H,5-9H2,1-4H3,(H,16,17,18). The van der Waals surface area contributed by atoms with Crippen molar-refractivity contribution in [1.82, 2.24) is 5.32 Å². The zero-order chi connectivity index (χ0) is 13.6. The van der Waals surface area contributed by atoms with Gasteiger partial charge in [0.2, 0.25) is 11.8 Å². The monoisotopic (exact) mass is 251 g/mol. The van der Waals surface area contributed by atoms with Crippen LogP contribution in [-0.4, -0.2) is 11.8 Å². The molecule has 2 fully saturated rings. The van der Waals surface area contributed by atoms with E-state index in [0.717, 1.165) is 25.7 Å². The number of hydrogen-bond donors (Lipinski definition) is 1. The van der Waals surface area contributed by atoms with Crippen molar-refractivity contribution in [2.45, 2.75) is 59.8 Å². The minimum atomic E-state index is -0.0797. The van der Waals surface area contributed by atoms with Gasteiger partial charge in [-0.05, 0) is 42.4 Å². The van der Waals surface area contributed by atoms with Crippen molar-refractivity contribution >= 4 is 11.8 Å². The SMILES string of the molecule is CCC1C(=O)NC(=O)CC12CCC(C)(C)CC2C. The van der Waals surface area contributed by atoms with E-state index in [1.54, 1.807) is 0 Å². The molecule has 1 spiro atoms. The Bertz CT molecular complexity index is 375. The predicted octanol–water partition coefficient (Wildman–Crippen LogP) is 2.89. The number of piperidine rings is 1. The number of carbonyl (C=O) groups excluding carboxylic acids is 2. The Hall–Kier alpha value is -0.860. The van der Waals surface area contributed by atoms with Crippen LogP contribution in [0.1, 0.15) is 59.8 Å². The van der Waals surface area contributed by atoms with Crippen LogP contribution < -0.4 is 5.32 Å². The molecule has 0 aromatic carbocycles. The third-order valence-corrected chi connectivity index (χ3v) is 5.28. The predicted molar refractivity (Wildman–Crippen MR) is 70.8 cm³/mol. The number of carbonyl (C=O) groups is 2. The van der Waals surface area contributed by atoms with E-state index in [0.29, 0.717) is 17.8 Å². The highest BCUT2D eigenvalue weighted by Gasteiger charge is 2.53. The Balaban J connectivity index is 2.32. The van der Waals surface area contributed by atoms with Crippen LogP contribution in [-0.2, 0) is 9.59 Å².